The van der Waals surface area contributed by atoms with E-state index in [4.69, 9.17) is 4.74 Å². The van der Waals surface area contributed by atoms with Gasteiger partial charge in [-0.2, -0.15) is 0 Å². The van der Waals surface area contributed by atoms with Crippen molar-refractivity contribution in [3.05, 3.63) is 25.4 Å². The Balaban J connectivity index is 0.000000593. The van der Waals surface area contributed by atoms with Crippen molar-refractivity contribution < 1.29 is 14.3 Å². The van der Waals surface area contributed by atoms with Gasteiger partial charge in [0.1, 0.15) is 0 Å². The number of ether oxygens (including phenoxy) is 1. The molecule has 1 amide bonds. The third kappa shape index (κ3) is 14.5. The molecule has 0 spiro atoms. The predicted molar refractivity (Wildman–Crippen MR) is 104 cm³/mol. The molecule has 0 aliphatic carbocycles. The lowest BCUT2D eigenvalue weighted by molar-refractivity contribution is -0.137. The molecule has 25 heavy (non-hydrogen) atoms. The lowest BCUT2D eigenvalue weighted by Crippen LogP contribution is -2.16. The first-order chi connectivity index (χ1) is 12.2. The molecule has 1 heterocycles. The molecule has 4 heteroatoms. The van der Waals surface area contributed by atoms with E-state index >= 15 is 0 Å². The number of amides is 1. The van der Waals surface area contributed by atoms with Crippen molar-refractivity contribution in [3.8, 4) is 0 Å². The molecule has 1 aliphatic heterocycles. The molecule has 1 saturated heterocycles. The average molecular weight is 352 g/mol. The quantitative estimate of drug-likeness (QED) is 0.254. The van der Waals surface area contributed by atoms with Crippen LogP contribution in [0.1, 0.15) is 84.0 Å². The molecule has 0 radical (unpaired) electrons. The van der Waals surface area contributed by atoms with Gasteiger partial charge in [0, 0.05) is 19.0 Å². The first kappa shape index (κ1) is 23.4. The van der Waals surface area contributed by atoms with Gasteiger partial charge in [-0.25, -0.2) is 4.79 Å². The Labute approximate surface area is 154 Å². The number of nitrogens with zero attached hydrogens (tertiary/aromatic N) is 1. The highest BCUT2D eigenvalue weighted by atomic mass is 16.5. The summed E-state index contributed by atoms with van der Waals surface area (Å²) in [6.45, 7) is 10.5. The largest absolute Gasteiger partial charge is 0.463 e. The summed E-state index contributed by atoms with van der Waals surface area (Å²) in [5, 5.41) is 0. The van der Waals surface area contributed by atoms with Crippen LogP contribution in [0.25, 0.3) is 0 Å². The van der Waals surface area contributed by atoms with Gasteiger partial charge in [-0.15, -0.1) is 0 Å². The number of hydrogen-bond acceptors (Lipinski definition) is 3. The minimum atomic E-state index is -0.305. The van der Waals surface area contributed by atoms with Crippen LogP contribution in [0.15, 0.2) is 25.4 Å². The minimum absolute atomic E-state index is 0.208. The molecule has 1 aliphatic rings. The van der Waals surface area contributed by atoms with Crippen molar-refractivity contribution in [2.45, 2.75) is 84.0 Å². The van der Waals surface area contributed by atoms with Crippen molar-refractivity contribution in [2.24, 2.45) is 0 Å². The van der Waals surface area contributed by atoms with E-state index in [1.165, 1.54) is 63.9 Å². The standard InChI is InChI=1S/C15H28O2.C6H9NO/c1-3-5-6-7-8-9-10-11-12-13-14-17-15(16)4-2;1-2-7-5-3-4-6(7)8/h4H,2-3,5-14H2,1H3;2H,1,3-5H2. The fraction of sp³-hybridized carbons (Fsp3) is 0.714. The Morgan fingerprint density at radius 3 is 2.00 bits per heavy atom. The van der Waals surface area contributed by atoms with E-state index in [1.54, 1.807) is 11.1 Å². The van der Waals surface area contributed by atoms with Crippen molar-refractivity contribution in [1.82, 2.24) is 4.90 Å². The summed E-state index contributed by atoms with van der Waals surface area (Å²) in [7, 11) is 0. The Morgan fingerprint density at radius 1 is 1.04 bits per heavy atom. The number of esters is 1. The van der Waals surface area contributed by atoms with Crippen molar-refractivity contribution in [1.29, 1.82) is 0 Å². The summed E-state index contributed by atoms with van der Waals surface area (Å²) < 4.78 is 4.91. The predicted octanol–water partition coefficient (Wildman–Crippen LogP) is 5.39. The van der Waals surface area contributed by atoms with Crippen LogP contribution in [0, 0.1) is 0 Å². The second-order valence-electron chi connectivity index (χ2n) is 6.43. The molecular weight excluding hydrogens is 314 g/mol. The zero-order chi connectivity index (χ0) is 18.8. The number of likely N-dealkylation sites (tertiary alicyclic amines) is 1. The van der Waals surface area contributed by atoms with Crippen molar-refractivity contribution in [3.63, 3.8) is 0 Å². The topological polar surface area (TPSA) is 46.6 Å². The lowest BCUT2D eigenvalue weighted by Gasteiger charge is -2.05. The molecule has 1 fully saturated rings. The Kier molecular flexibility index (Phi) is 16.2. The maximum atomic E-state index is 10.7. The van der Waals surface area contributed by atoms with Crippen LogP contribution in [0.4, 0.5) is 0 Å². The second-order valence-corrected chi connectivity index (χ2v) is 6.43. The fourth-order valence-corrected chi connectivity index (χ4v) is 2.68. The SMILES string of the molecule is C=CC(=O)OCCCCCCCCCCCC.C=CN1CCCC1=O. The van der Waals surface area contributed by atoms with Crippen LogP contribution in [0.5, 0.6) is 0 Å². The molecule has 0 N–H and O–H groups in total. The maximum Gasteiger partial charge on any atom is 0.330 e. The summed E-state index contributed by atoms with van der Waals surface area (Å²) in [4.78, 5) is 23.0. The number of carbonyl (C=O) groups is 2. The van der Waals surface area contributed by atoms with E-state index in [-0.39, 0.29) is 11.9 Å². The number of hydrogen-bond donors (Lipinski definition) is 0. The Morgan fingerprint density at radius 2 is 1.60 bits per heavy atom. The van der Waals surface area contributed by atoms with E-state index in [0.29, 0.717) is 13.0 Å². The number of rotatable bonds is 13. The van der Waals surface area contributed by atoms with E-state index in [0.717, 1.165) is 19.4 Å². The summed E-state index contributed by atoms with van der Waals surface area (Å²) in [5.74, 6) is -0.0964. The smallest absolute Gasteiger partial charge is 0.330 e. The van der Waals surface area contributed by atoms with Crippen LogP contribution in [-0.2, 0) is 14.3 Å². The van der Waals surface area contributed by atoms with Crippen LogP contribution >= 0.6 is 0 Å². The molecule has 0 bridgehead atoms. The van der Waals surface area contributed by atoms with Crippen molar-refractivity contribution >= 4 is 11.9 Å². The van der Waals surface area contributed by atoms with Gasteiger partial charge in [0.15, 0.2) is 0 Å². The van der Waals surface area contributed by atoms with E-state index in [2.05, 4.69) is 20.1 Å². The Hall–Kier alpha value is -1.58. The van der Waals surface area contributed by atoms with Crippen LogP contribution in [-0.4, -0.2) is 29.9 Å². The zero-order valence-electron chi connectivity index (χ0n) is 16.1. The molecule has 0 saturated carbocycles. The third-order valence-corrected chi connectivity index (χ3v) is 4.24. The lowest BCUT2D eigenvalue weighted by atomic mass is 10.1. The molecule has 0 atom stereocenters. The summed E-state index contributed by atoms with van der Waals surface area (Å²) in [6, 6.07) is 0. The number of unbranched alkanes of at least 4 members (excludes halogenated alkanes) is 9. The van der Waals surface area contributed by atoms with E-state index in [1.807, 2.05) is 0 Å². The zero-order valence-corrected chi connectivity index (χ0v) is 16.1. The normalized spacial score (nSPS) is 13.2. The number of carbonyl (C=O) groups excluding carboxylic acids is 2. The summed E-state index contributed by atoms with van der Waals surface area (Å²) in [5.41, 5.74) is 0. The third-order valence-electron chi connectivity index (χ3n) is 4.24. The van der Waals surface area contributed by atoms with Gasteiger partial charge in [0.2, 0.25) is 5.91 Å². The van der Waals surface area contributed by atoms with Crippen molar-refractivity contribution in [2.75, 3.05) is 13.2 Å². The highest BCUT2D eigenvalue weighted by Gasteiger charge is 2.16. The van der Waals surface area contributed by atoms with Gasteiger partial charge in [-0.3, -0.25) is 4.79 Å². The molecule has 1 rings (SSSR count). The van der Waals surface area contributed by atoms with Gasteiger partial charge in [-0.05, 0) is 19.0 Å². The maximum absolute atomic E-state index is 10.7. The molecular formula is C21H37NO3. The van der Waals surface area contributed by atoms with Crippen LogP contribution in [0.2, 0.25) is 0 Å². The molecule has 144 valence electrons. The van der Waals surface area contributed by atoms with Gasteiger partial charge in [-0.1, -0.05) is 77.9 Å². The highest BCUT2D eigenvalue weighted by Crippen LogP contribution is 2.10. The molecule has 0 aromatic carbocycles. The van der Waals surface area contributed by atoms with Gasteiger partial charge >= 0.3 is 5.97 Å². The monoisotopic (exact) mass is 351 g/mol. The molecule has 0 unspecified atom stereocenters. The Bertz CT molecular complexity index is 379. The first-order valence-electron chi connectivity index (χ1n) is 9.86. The van der Waals surface area contributed by atoms with Gasteiger partial charge in [0.25, 0.3) is 0 Å². The fourth-order valence-electron chi connectivity index (χ4n) is 2.68. The van der Waals surface area contributed by atoms with E-state index in [9.17, 15) is 9.59 Å². The van der Waals surface area contributed by atoms with Gasteiger partial charge in [0.05, 0.1) is 6.61 Å². The second kappa shape index (κ2) is 17.2. The van der Waals surface area contributed by atoms with E-state index < -0.39 is 0 Å². The van der Waals surface area contributed by atoms with Crippen LogP contribution in [0.3, 0.4) is 0 Å². The minimum Gasteiger partial charge on any atom is -0.463 e. The first-order valence-corrected chi connectivity index (χ1v) is 9.86. The van der Waals surface area contributed by atoms with Gasteiger partial charge < -0.3 is 9.64 Å². The molecule has 0 aromatic heterocycles. The molecule has 0 aromatic rings. The average Bonchev–Trinajstić information content (AvgIpc) is 3.05. The summed E-state index contributed by atoms with van der Waals surface area (Å²) >= 11 is 0. The van der Waals surface area contributed by atoms with Crippen LogP contribution < -0.4 is 0 Å². The summed E-state index contributed by atoms with van der Waals surface area (Å²) in [6.07, 6.45) is 17.5. The molecule has 4 nitrogen and oxygen atoms in total. The highest BCUT2D eigenvalue weighted by molar-refractivity contribution is 5.81.